The number of nitrogens with zero attached hydrogens (tertiary/aromatic N) is 2. The lowest BCUT2D eigenvalue weighted by Crippen LogP contribution is -1.98. The van der Waals surface area contributed by atoms with Crippen LogP contribution in [-0.2, 0) is 0 Å². The van der Waals surface area contributed by atoms with Crippen LogP contribution in [0, 0.1) is 6.92 Å². The van der Waals surface area contributed by atoms with Crippen LogP contribution in [0.4, 0.5) is 0 Å². The number of aromatic nitrogens is 2. The van der Waals surface area contributed by atoms with Crippen molar-refractivity contribution >= 4 is 17.3 Å². The number of rotatable bonds is 3. The molecular weight excluding hydrogens is 268 g/mol. The lowest BCUT2D eigenvalue weighted by atomic mass is 10.2. The van der Waals surface area contributed by atoms with Gasteiger partial charge in [-0.3, -0.25) is 0 Å². The Balaban J connectivity index is 2.15. The number of hydrogen-bond acceptors (Lipinski definition) is 6. The summed E-state index contributed by atoms with van der Waals surface area (Å²) < 4.78 is 10.4. The molecule has 7 heteroatoms. The molecule has 0 unspecified atom stereocenters. The van der Waals surface area contributed by atoms with Gasteiger partial charge < -0.3 is 14.0 Å². The zero-order chi connectivity index (χ0) is 13.4. The number of hydrogen-bond donors (Lipinski definition) is 1. The minimum Gasteiger partial charge on any atom is -0.476 e. The second-order valence-electron chi connectivity index (χ2n) is 3.80. The molecule has 0 aliphatic rings. The molecule has 96 valence electrons. The smallest absolute Gasteiger partial charge is 0.358 e. The van der Waals surface area contributed by atoms with E-state index in [0.29, 0.717) is 11.5 Å². The maximum atomic E-state index is 11.2. The molecule has 3 rings (SSSR count). The number of aromatic carboxylic acids is 1. The Bertz CT molecular complexity index is 727. The van der Waals surface area contributed by atoms with E-state index in [2.05, 4.69) is 10.1 Å². The molecule has 0 radical (unpaired) electrons. The SMILES string of the molecule is Cc1cc(-c2oc(-c3cccs3)nc2C(=O)O)no1. The summed E-state index contributed by atoms with van der Waals surface area (Å²) in [5, 5.41) is 14.8. The molecule has 0 amide bonds. The third-order valence-electron chi connectivity index (χ3n) is 2.42. The van der Waals surface area contributed by atoms with Crippen LogP contribution >= 0.6 is 11.3 Å². The Morgan fingerprint density at radius 1 is 1.47 bits per heavy atom. The van der Waals surface area contributed by atoms with Crippen molar-refractivity contribution in [3.63, 3.8) is 0 Å². The largest absolute Gasteiger partial charge is 0.476 e. The second-order valence-corrected chi connectivity index (χ2v) is 4.75. The van der Waals surface area contributed by atoms with Crippen LogP contribution in [0.2, 0.25) is 0 Å². The van der Waals surface area contributed by atoms with E-state index in [-0.39, 0.29) is 17.3 Å². The van der Waals surface area contributed by atoms with E-state index in [1.165, 1.54) is 11.3 Å². The first kappa shape index (κ1) is 11.7. The summed E-state index contributed by atoms with van der Waals surface area (Å²) in [5.74, 6) is -0.224. The van der Waals surface area contributed by atoms with E-state index in [0.717, 1.165) is 4.88 Å². The molecule has 0 atom stereocenters. The number of thiophene rings is 1. The fourth-order valence-electron chi connectivity index (χ4n) is 1.62. The van der Waals surface area contributed by atoms with Gasteiger partial charge in [0.15, 0.2) is 17.1 Å². The number of carbonyl (C=O) groups is 1. The fourth-order valence-corrected chi connectivity index (χ4v) is 2.27. The quantitative estimate of drug-likeness (QED) is 0.790. The van der Waals surface area contributed by atoms with Crippen LogP contribution in [0.5, 0.6) is 0 Å². The van der Waals surface area contributed by atoms with E-state index in [1.807, 2.05) is 11.4 Å². The molecule has 0 aliphatic heterocycles. The summed E-state index contributed by atoms with van der Waals surface area (Å²) in [6, 6.07) is 5.25. The van der Waals surface area contributed by atoms with Crippen LogP contribution in [0.15, 0.2) is 32.5 Å². The minimum absolute atomic E-state index is 0.104. The van der Waals surface area contributed by atoms with Crippen LogP contribution in [0.1, 0.15) is 16.2 Å². The third-order valence-corrected chi connectivity index (χ3v) is 3.28. The van der Waals surface area contributed by atoms with Crippen molar-refractivity contribution in [2.45, 2.75) is 6.92 Å². The Hall–Kier alpha value is -2.41. The average molecular weight is 276 g/mol. The van der Waals surface area contributed by atoms with Gasteiger partial charge in [0.1, 0.15) is 5.76 Å². The molecule has 0 aliphatic carbocycles. The van der Waals surface area contributed by atoms with Crippen LogP contribution in [0.3, 0.4) is 0 Å². The van der Waals surface area contributed by atoms with Crippen molar-refractivity contribution in [3.8, 4) is 22.2 Å². The van der Waals surface area contributed by atoms with Gasteiger partial charge in [-0.05, 0) is 18.4 Å². The first-order chi connectivity index (χ1) is 9.15. The Kier molecular flexibility index (Phi) is 2.68. The molecule has 0 saturated heterocycles. The molecule has 19 heavy (non-hydrogen) atoms. The molecule has 3 aromatic heterocycles. The average Bonchev–Trinajstić information content (AvgIpc) is 3.07. The monoisotopic (exact) mass is 276 g/mol. The topological polar surface area (TPSA) is 89.4 Å². The zero-order valence-corrected chi connectivity index (χ0v) is 10.6. The van der Waals surface area contributed by atoms with Gasteiger partial charge in [-0.1, -0.05) is 11.2 Å². The van der Waals surface area contributed by atoms with Crippen molar-refractivity contribution in [1.82, 2.24) is 10.1 Å². The standard InChI is InChI=1S/C12H8N2O4S/c1-6-5-7(14-18-6)10-9(12(15)16)13-11(17-10)8-3-2-4-19-8/h2-5H,1H3,(H,15,16). The van der Waals surface area contributed by atoms with Crippen molar-refractivity contribution < 1.29 is 18.8 Å². The summed E-state index contributed by atoms with van der Waals surface area (Å²) in [6.07, 6.45) is 0. The highest BCUT2D eigenvalue weighted by atomic mass is 32.1. The second kappa shape index (κ2) is 4.36. The van der Waals surface area contributed by atoms with Crippen molar-refractivity contribution in [1.29, 1.82) is 0 Å². The summed E-state index contributed by atoms with van der Waals surface area (Å²) in [7, 11) is 0. The molecular formula is C12H8N2O4S. The Morgan fingerprint density at radius 2 is 2.32 bits per heavy atom. The van der Waals surface area contributed by atoms with Crippen molar-refractivity contribution in [3.05, 3.63) is 35.0 Å². The van der Waals surface area contributed by atoms with Gasteiger partial charge in [-0.25, -0.2) is 9.78 Å². The van der Waals surface area contributed by atoms with Crippen LogP contribution in [-0.4, -0.2) is 21.2 Å². The van der Waals surface area contributed by atoms with Gasteiger partial charge >= 0.3 is 5.97 Å². The fraction of sp³-hybridized carbons (Fsp3) is 0.0833. The molecule has 3 heterocycles. The molecule has 0 bridgehead atoms. The van der Waals surface area contributed by atoms with Crippen LogP contribution in [0.25, 0.3) is 22.2 Å². The predicted molar refractivity (Wildman–Crippen MR) is 67.0 cm³/mol. The predicted octanol–water partition coefficient (Wildman–Crippen LogP) is 3.06. The van der Waals surface area contributed by atoms with Crippen molar-refractivity contribution in [2.75, 3.05) is 0 Å². The number of carboxylic acid groups (broad SMARTS) is 1. The number of aryl methyl sites for hydroxylation is 1. The third kappa shape index (κ3) is 2.04. The van der Waals surface area contributed by atoms with E-state index in [9.17, 15) is 4.79 Å². The summed E-state index contributed by atoms with van der Waals surface area (Å²) >= 11 is 1.42. The highest BCUT2D eigenvalue weighted by Crippen LogP contribution is 2.31. The van der Waals surface area contributed by atoms with Gasteiger partial charge in [0.2, 0.25) is 5.89 Å². The van der Waals surface area contributed by atoms with Crippen molar-refractivity contribution in [2.24, 2.45) is 0 Å². The van der Waals surface area contributed by atoms with Gasteiger partial charge in [-0.2, -0.15) is 0 Å². The van der Waals surface area contributed by atoms with E-state index in [1.54, 1.807) is 19.1 Å². The Morgan fingerprint density at radius 3 is 2.89 bits per heavy atom. The van der Waals surface area contributed by atoms with E-state index < -0.39 is 5.97 Å². The molecule has 3 aromatic rings. The molecule has 0 aromatic carbocycles. The molecule has 0 spiro atoms. The lowest BCUT2D eigenvalue weighted by Gasteiger charge is -1.89. The zero-order valence-electron chi connectivity index (χ0n) is 9.78. The highest BCUT2D eigenvalue weighted by Gasteiger charge is 2.24. The number of carboxylic acids is 1. The summed E-state index contributed by atoms with van der Waals surface area (Å²) in [6.45, 7) is 1.72. The minimum atomic E-state index is -1.16. The van der Waals surface area contributed by atoms with Crippen LogP contribution < -0.4 is 0 Å². The molecule has 0 saturated carbocycles. The van der Waals surface area contributed by atoms with Gasteiger partial charge in [-0.15, -0.1) is 11.3 Å². The van der Waals surface area contributed by atoms with E-state index in [4.69, 9.17) is 14.0 Å². The molecule has 6 nitrogen and oxygen atoms in total. The van der Waals surface area contributed by atoms with Gasteiger partial charge in [0, 0.05) is 6.07 Å². The number of oxazole rings is 1. The normalized spacial score (nSPS) is 10.8. The highest BCUT2D eigenvalue weighted by molar-refractivity contribution is 7.13. The molecule has 0 fully saturated rings. The lowest BCUT2D eigenvalue weighted by molar-refractivity contribution is 0.0691. The summed E-state index contributed by atoms with van der Waals surface area (Å²) in [5.41, 5.74) is 0.155. The summed E-state index contributed by atoms with van der Waals surface area (Å²) in [4.78, 5) is 16.0. The maximum Gasteiger partial charge on any atom is 0.358 e. The van der Waals surface area contributed by atoms with Gasteiger partial charge in [0.25, 0.3) is 0 Å². The maximum absolute atomic E-state index is 11.2. The first-order valence-corrected chi connectivity index (χ1v) is 6.25. The first-order valence-electron chi connectivity index (χ1n) is 5.37. The van der Waals surface area contributed by atoms with E-state index >= 15 is 0 Å². The molecule has 1 N–H and O–H groups in total. The Labute approximate surface area is 111 Å². The van der Waals surface area contributed by atoms with Gasteiger partial charge in [0.05, 0.1) is 4.88 Å².